The van der Waals surface area contributed by atoms with Crippen LogP contribution in [-0.2, 0) is 0 Å². The maximum absolute atomic E-state index is 11.8. The molecule has 6 heteroatoms. The third-order valence-electron chi connectivity index (χ3n) is 3.44. The molecule has 0 spiro atoms. The topological polar surface area (TPSA) is 42.7 Å². The molecule has 0 radical (unpaired) electrons. The number of carbonyl (C=O) groups is 1. The van der Waals surface area contributed by atoms with E-state index in [0.29, 0.717) is 17.3 Å². The first-order chi connectivity index (χ1) is 11.1. The van der Waals surface area contributed by atoms with Gasteiger partial charge in [-0.05, 0) is 49.0 Å². The van der Waals surface area contributed by atoms with Crippen molar-refractivity contribution in [1.29, 1.82) is 0 Å². The van der Waals surface area contributed by atoms with E-state index in [4.69, 9.17) is 21.4 Å². The number of thioether (sulfide) groups is 1. The SMILES string of the molecule is CCN1C(=O)SC(=Cc2ccc(-c3cccc(OC)c3)o2)C1=S. The Kier molecular flexibility index (Phi) is 4.54. The zero-order valence-electron chi connectivity index (χ0n) is 12.7. The maximum Gasteiger partial charge on any atom is 0.291 e. The van der Waals surface area contributed by atoms with Gasteiger partial charge in [-0.3, -0.25) is 9.69 Å². The lowest BCUT2D eigenvalue weighted by Crippen LogP contribution is -2.26. The lowest BCUT2D eigenvalue weighted by atomic mass is 10.2. The van der Waals surface area contributed by atoms with Gasteiger partial charge in [0.25, 0.3) is 5.24 Å². The van der Waals surface area contributed by atoms with Crippen LogP contribution in [0, 0.1) is 0 Å². The molecular weight excluding hydrogens is 330 g/mol. The highest BCUT2D eigenvalue weighted by Crippen LogP contribution is 2.34. The summed E-state index contributed by atoms with van der Waals surface area (Å²) in [5.74, 6) is 2.18. The van der Waals surface area contributed by atoms with E-state index in [-0.39, 0.29) is 5.24 Å². The average molecular weight is 345 g/mol. The molecule has 2 aromatic rings. The number of furan rings is 1. The molecule has 1 aliphatic heterocycles. The maximum atomic E-state index is 11.8. The van der Waals surface area contributed by atoms with Crippen LogP contribution < -0.4 is 4.74 Å². The number of carbonyl (C=O) groups excluding carboxylic acids is 1. The summed E-state index contributed by atoms with van der Waals surface area (Å²) in [5, 5.41) is -0.0386. The Bertz CT molecular complexity index is 795. The van der Waals surface area contributed by atoms with E-state index in [2.05, 4.69) is 0 Å². The van der Waals surface area contributed by atoms with Crippen LogP contribution in [0.15, 0.2) is 45.7 Å². The standard InChI is InChI=1S/C17H15NO3S2/c1-3-18-16(22)15(23-17(18)19)10-13-7-8-14(21-13)11-5-4-6-12(9-11)20-2/h4-10H,3H2,1-2H3. The summed E-state index contributed by atoms with van der Waals surface area (Å²) in [7, 11) is 1.63. The van der Waals surface area contributed by atoms with Gasteiger partial charge in [-0.25, -0.2) is 0 Å². The molecule has 1 aliphatic rings. The van der Waals surface area contributed by atoms with E-state index in [0.717, 1.165) is 33.7 Å². The molecule has 0 unspecified atom stereocenters. The van der Waals surface area contributed by atoms with Gasteiger partial charge in [-0.2, -0.15) is 0 Å². The second kappa shape index (κ2) is 6.60. The van der Waals surface area contributed by atoms with Crippen LogP contribution in [0.3, 0.4) is 0 Å². The largest absolute Gasteiger partial charge is 0.497 e. The minimum atomic E-state index is -0.0386. The van der Waals surface area contributed by atoms with Gasteiger partial charge in [0, 0.05) is 12.1 Å². The molecule has 2 heterocycles. The van der Waals surface area contributed by atoms with Crippen LogP contribution in [0.2, 0.25) is 0 Å². The number of likely N-dealkylation sites (N-methyl/N-ethyl adjacent to an activating group) is 1. The van der Waals surface area contributed by atoms with Crippen LogP contribution in [0.25, 0.3) is 17.4 Å². The molecule has 1 amide bonds. The number of hydrogen-bond acceptors (Lipinski definition) is 5. The minimum absolute atomic E-state index is 0.0386. The predicted octanol–water partition coefficient (Wildman–Crippen LogP) is 4.81. The molecule has 4 nitrogen and oxygen atoms in total. The second-order valence-electron chi connectivity index (χ2n) is 4.86. The lowest BCUT2D eigenvalue weighted by molar-refractivity contribution is 0.247. The van der Waals surface area contributed by atoms with Gasteiger partial charge in [-0.1, -0.05) is 24.4 Å². The summed E-state index contributed by atoms with van der Waals surface area (Å²) in [4.78, 5) is 14.7. The molecule has 23 heavy (non-hydrogen) atoms. The first-order valence-electron chi connectivity index (χ1n) is 7.12. The molecule has 1 fully saturated rings. The van der Waals surface area contributed by atoms with Gasteiger partial charge in [0.15, 0.2) is 0 Å². The van der Waals surface area contributed by atoms with E-state index >= 15 is 0 Å². The second-order valence-corrected chi connectivity index (χ2v) is 6.24. The molecule has 0 N–H and O–H groups in total. The summed E-state index contributed by atoms with van der Waals surface area (Å²) in [6.07, 6.45) is 1.81. The Balaban J connectivity index is 1.86. The summed E-state index contributed by atoms with van der Waals surface area (Å²) in [5.41, 5.74) is 0.932. The molecule has 3 rings (SSSR count). The molecule has 0 aliphatic carbocycles. The van der Waals surface area contributed by atoms with Crippen LogP contribution in [0.1, 0.15) is 12.7 Å². The smallest absolute Gasteiger partial charge is 0.291 e. The minimum Gasteiger partial charge on any atom is -0.497 e. The predicted molar refractivity (Wildman–Crippen MR) is 96.6 cm³/mol. The van der Waals surface area contributed by atoms with Crippen molar-refractivity contribution in [3.8, 4) is 17.1 Å². The fourth-order valence-electron chi connectivity index (χ4n) is 2.26. The van der Waals surface area contributed by atoms with E-state index in [1.807, 2.05) is 49.4 Å². The Labute approximate surface area is 144 Å². The molecule has 0 atom stereocenters. The summed E-state index contributed by atoms with van der Waals surface area (Å²) in [6, 6.07) is 11.4. The number of hydrogen-bond donors (Lipinski definition) is 0. The number of ether oxygens (including phenoxy) is 1. The highest BCUT2D eigenvalue weighted by atomic mass is 32.2. The van der Waals surface area contributed by atoms with Crippen LogP contribution in [0.5, 0.6) is 5.75 Å². The van der Waals surface area contributed by atoms with Crippen molar-refractivity contribution in [3.63, 3.8) is 0 Å². The lowest BCUT2D eigenvalue weighted by Gasteiger charge is -2.09. The van der Waals surface area contributed by atoms with Crippen molar-refractivity contribution >= 4 is 40.3 Å². The van der Waals surface area contributed by atoms with Crippen molar-refractivity contribution in [3.05, 3.63) is 47.1 Å². The van der Waals surface area contributed by atoms with Gasteiger partial charge in [-0.15, -0.1) is 0 Å². The third-order valence-corrected chi connectivity index (χ3v) is 4.94. The van der Waals surface area contributed by atoms with Gasteiger partial charge in [0.2, 0.25) is 0 Å². The Morgan fingerprint density at radius 2 is 2.17 bits per heavy atom. The Morgan fingerprint density at radius 1 is 1.35 bits per heavy atom. The fourth-order valence-corrected chi connectivity index (χ4v) is 3.61. The van der Waals surface area contributed by atoms with Crippen LogP contribution >= 0.6 is 24.0 Å². The van der Waals surface area contributed by atoms with E-state index in [9.17, 15) is 4.79 Å². The molecule has 0 bridgehead atoms. The van der Waals surface area contributed by atoms with Gasteiger partial charge in [0.1, 0.15) is 22.3 Å². The van der Waals surface area contributed by atoms with Crippen molar-refractivity contribution in [2.75, 3.05) is 13.7 Å². The highest BCUT2D eigenvalue weighted by Gasteiger charge is 2.30. The first kappa shape index (κ1) is 15.8. The van der Waals surface area contributed by atoms with Gasteiger partial charge in [0.05, 0.1) is 12.0 Å². The Morgan fingerprint density at radius 3 is 2.87 bits per heavy atom. The number of nitrogens with zero attached hydrogens (tertiary/aromatic N) is 1. The number of rotatable bonds is 4. The van der Waals surface area contributed by atoms with Gasteiger partial charge < -0.3 is 9.15 Å². The number of amides is 1. The van der Waals surface area contributed by atoms with Crippen molar-refractivity contribution < 1.29 is 13.9 Å². The summed E-state index contributed by atoms with van der Waals surface area (Å²) in [6.45, 7) is 2.48. The van der Waals surface area contributed by atoms with E-state index < -0.39 is 0 Å². The molecule has 0 saturated carbocycles. The quantitative estimate of drug-likeness (QED) is 0.587. The van der Waals surface area contributed by atoms with Crippen LogP contribution in [-0.4, -0.2) is 28.8 Å². The summed E-state index contributed by atoms with van der Waals surface area (Å²) < 4.78 is 11.1. The van der Waals surface area contributed by atoms with Crippen molar-refractivity contribution in [2.24, 2.45) is 0 Å². The zero-order chi connectivity index (χ0) is 16.4. The Hall–Kier alpha value is -2.05. The number of thiocarbonyl (C=S) groups is 1. The molecule has 1 saturated heterocycles. The molecule has 1 aromatic heterocycles. The zero-order valence-corrected chi connectivity index (χ0v) is 14.4. The van der Waals surface area contributed by atoms with E-state index in [1.54, 1.807) is 12.0 Å². The number of benzene rings is 1. The highest BCUT2D eigenvalue weighted by molar-refractivity contribution is 8.19. The first-order valence-corrected chi connectivity index (χ1v) is 8.34. The molecule has 1 aromatic carbocycles. The average Bonchev–Trinajstić information content (AvgIpc) is 3.13. The van der Waals surface area contributed by atoms with Crippen molar-refractivity contribution in [2.45, 2.75) is 6.92 Å². The van der Waals surface area contributed by atoms with Crippen LogP contribution in [0.4, 0.5) is 4.79 Å². The fraction of sp³-hybridized carbons (Fsp3) is 0.176. The normalized spacial score (nSPS) is 16.4. The molecular formula is C17H15NO3S2. The third kappa shape index (κ3) is 3.18. The van der Waals surface area contributed by atoms with Gasteiger partial charge >= 0.3 is 0 Å². The summed E-state index contributed by atoms with van der Waals surface area (Å²) >= 11 is 6.47. The molecule has 118 valence electrons. The number of methoxy groups -OCH3 is 1. The van der Waals surface area contributed by atoms with E-state index in [1.165, 1.54) is 0 Å². The van der Waals surface area contributed by atoms with Crippen molar-refractivity contribution in [1.82, 2.24) is 4.90 Å². The monoisotopic (exact) mass is 345 g/mol.